The SMILES string of the molecule is CCCN(Cc1ccc(Cl)c(F)c1)C1CCC(N)CC1. The molecule has 2 rings (SSSR count). The molecule has 1 aromatic carbocycles. The topological polar surface area (TPSA) is 29.3 Å². The maximum Gasteiger partial charge on any atom is 0.142 e. The first kappa shape index (κ1) is 15.7. The normalized spacial score (nSPS) is 23.2. The van der Waals surface area contributed by atoms with E-state index in [9.17, 15) is 4.39 Å². The minimum atomic E-state index is -0.328. The number of nitrogens with zero attached hydrogens (tertiary/aromatic N) is 1. The standard InChI is InChI=1S/C16H24ClFN2/c1-2-9-20(14-6-4-13(19)5-7-14)11-12-3-8-15(17)16(18)10-12/h3,8,10,13-14H,2,4-7,9,11,19H2,1H3. The average Bonchev–Trinajstić information content (AvgIpc) is 2.43. The molecule has 0 unspecified atom stereocenters. The zero-order chi connectivity index (χ0) is 14.5. The van der Waals surface area contributed by atoms with Crippen molar-refractivity contribution in [3.05, 3.63) is 34.6 Å². The molecule has 112 valence electrons. The quantitative estimate of drug-likeness (QED) is 0.891. The fourth-order valence-electron chi connectivity index (χ4n) is 3.02. The van der Waals surface area contributed by atoms with Crippen LogP contribution in [0.15, 0.2) is 18.2 Å². The second-order valence-electron chi connectivity index (χ2n) is 5.79. The molecular formula is C16H24ClFN2. The van der Waals surface area contributed by atoms with Crippen molar-refractivity contribution in [3.63, 3.8) is 0 Å². The molecule has 20 heavy (non-hydrogen) atoms. The zero-order valence-electron chi connectivity index (χ0n) is 12.1. The molecule has 0 aliphatic heterocycles. The fourth-order valence-corrected chi connectivity index (χ4v) is 3.13. The molecule has 0 heterocycles. The number of hydrogen-bond donors (Lipinski definition) is 1. The summed E-state index contributed by atoms with van der Waals surface area (Å²) in [7, 11) is 0. The van der Waals surface area contributed by atoms with Crippen molar-refractivity contribution in [2.75, 3.05) is 6.54 Å². The van der Waals surface area contributed by atoms with E-state index in [1.54, 1.807) is 12.1 Å². The van der Waals surface area contributed by atoms with E-state index in [4.69, 9.17) is 17.3 Å². The summed E-state index contributed by atoms with van der Waals surface area (Å²) in [4.78, 5) is 2.47. The van der Waals surface area contributed by atoms with Crippen molar-refractivity contribution < 1.29 is 4.39 Å². The van der Waals surface area contributed by atoms with Crippen molar-refractivity contribution in [1.82, 2.24) is 4.90 Å². The first-order chi connectivity index (χ1) is 9.60. The molecule has 0 spiro atoms. The van der Waals surface area contributed by atoms with Crippen LogP contribution in [0.5, 0.6) is 0 Å². The van der Waals surface area contributed by atoms with Crippen LogP contribution in [0.1, 0.15) is 44.6 Å². The fraction of sp³-hybridized carbons (Fsp3) is 0.625. The predicted octanol–water partition coefficient (Wildman–Crippen LogP) is 3.96. The van der Waals surface area contributed by atoms with Crippen LogP contribution in [-0.4, -0.2) is 23.5 Å². The molecule has 2 N–H and O–H groups in total. The van der Waals surface area contributed by atoms with Gasteiger partial charge in [-0.1, -0.05) is 24.6 Å². The molecule has 0 atom stereocenters. The van der Waals surface area contributed by atoms with Crippen LogP contribution in [0, 0.1) is 5.82 Å². The summed E-state index contributed by atoms with van der Waals surface area (Å²) in [6.45, 7) is 4.02. The summed E-state index contributed by atoms with van der Waals surface area (Å²) in [5.74, 6) is -0.328. The van der Waals surface area contributed by atoms with E-state index in [-0.39, 0.29) is 10.8 Å². The van der Waals surface area contributed by atoms with Gasteiger partial charge in [-0.2, -0.15) is 0 Å². The molecule has 0 amide bonds. The van der Waals surface area contributed by atoms with Gasteiger partial charge in [0, 0.05) is 18.6 Å². The minimum absolute atomic E-state index is 0.194. The van der Waals surface area contributed by atoms with Crippen molar-refractivity contribution >= 4 is 11.6 Å². The Hall–Kier alpha value is -0.640. The van der Waals surface area contributed by atoms with Crippen LogP contribution < -0.4 is 5.73 Å². The van der Waals surface area contributed by atoms with E-state index in [0.717, 1.165) is 50.8 Å². The Morgan fingerprint density at radius 1 is 1.30 bits per heavy atom. The van der Waals surface area contributed by atoms with Crippen LogP contribution >= 0.6 is 11.6 Å². The van der Waals surface area contributed by atoms with E-state index in [1.165, 1.54) is 0 Å². The molecule has 0 radical (unpaired) electrons. The van der Waals surface area contributed by atoms with Gasteiger partial charge in [-0.25, -0.2) is 4.39 Å². The van der Waals surface area contributed by atoms with Gasteiger partial charge >= 0.3 is 0 Å². The number of benzene rings is 1. The van der Waals surface area contributed by atoms with Crippen molar-refractivity contribution in [2.45, 2.75) is 57.7 Å². The maximum atomic E-state index is 13.5. The third-order valence-corrected chi connectivity index (χ3v) is 4.44. The van der Waals surface area contributed by atoms with Crippen molar-refractivity contribution in [2.24, 2.45) is 5.73 Å². The van der Waals surface area contributed by atoms with Gasteiger partial charge in [0.15, 0.2) is 0 Å². The highest BCUT2D eigenvalue weighted by molar-refractivity contribution is 6.30. The number of halogens is 2. The Kier molecular flexibility index (Phi) is 5.82. The lowest BCUT2D eigenvalue weighted by Crippen LogP contribution is -2.40. The van der Waals surface area contributed by atoms with Crippen LogP contribution in [0.4, 0.5) is 4.39 Å². The molecule has 0 aromatic heterocycles. The van der Waals surface area contributed by atoms with E-state index >= 15 is 0 Å². The lowest BCUT2D eigenvalue weighted by atomic mass is 9.90. The van der Waals surface area contributed by atoms with Gasteiger partial charge < -0.3 is 5.73 Å². The van der Waals surface area contributed by atoms with Gasteiger partial charge in [0.2, 0.25) is 0 Å². The highest BCUT2D eigenvalue weighted by atomic mass is 35.5. The van der Waals surface area contributed by atoms with Crippen molar-refractivity contribution in [3.8, 4) is 0 Å². The highest BCUT2D eigenvalue weighted by Crippen LogP contribution is 2.25. The lowest BCUT2D eigenvalue weighted by molar-refractivity contribution is 0.142. The number of hydrogen-bond acceptors (Lipinski definition) is 2. The Bertz CT molecular complexity index is 430. The summed E-state index contributed by atoms with van der Waals surface area (Å²) >= 11 is 5.74. The first-order valence-electron chi connectivity index (χ1n) is 7.53. The Morgan fingerprint density at radius 3 is 2.60 bits per heavy atom. The summed E-state index contributed by atoms with van der Waals surface area (Å²) in [6.07, 6.45) is 5.60. The lowest BCUT2D eigenvalue weighted by Gasteiger charge is -2.36. The molecule has 1 saturated carbocycles. The van der Waals surface area contributed by atoms with Crippen molar-refractivity contribution in [1.29, 1.82) is 0 Å². The van der Waals surface area contributed by atoms with Crippen LogP contribution in [-0.2, 0) is 6.54 Å². The van der Waals surface area contributed by atoms with Crippen LogP contribution in [0.3, 0.4) is 0 Å². The summed E-state index contributed by atoms with van der Waals surface area (Å²) in [6, 6.07) is 6.06. The minimum Gasteiger partial charge on any atom is -0.328 e. The molecule has 2 nitrogen and oxygen atoms in total. The summed E-state index contributed by atoms with van der Waals surface area (Å²) in [5.41, 5.74) is 6.97. The third-order valence-electron chi connectivity index (χ3n) is 4.14. The predicted molar refractivity (Wildman–Crippen MR) is 82.3 cm³/mol. The van der Waals surface area contributed by atoms with Crippen LogP contribution in [0.2, 0.25) is 5.02 Å². The van der Waals surface area contributed by atoms with Gasteiger partial charge in [-0.3, -0.25) is 4.90 Å². The molecule has 1 aromatic rings. The van der Waals surface area contributed by atoms with Crippen LogP contribution in [0.25, 0.3) is 0 Å². The smallest absolute Gasteiger partial charge is 0.142 e. The van der Waals surface area contributed by atoms with E-state index in [0.29, 0.717) is 12.1 Å². The summed E-state index contributed by atoms with van der Waals surface area (Å²) in [5, 5.41) is 0.194. The van der Waals surface area contributed by atoms with E-state index < -0.39 is 0 Å². The van der Waals surface area contributed by atoms with Gasteiger partial charge in [0.05, 0.1) is 5.02 Å². The molecule has 0 saturated heterocycles. The number of nitrogens with two attached hydrogens (primary N) is 1. The molecule has 4 heteroatoms. The second-order valence-corrected chi connectivity index (χ2v) is 6.19. The molecule has 1 aliphatic rings. The second kappa shape index (κ2) is 7.39. The van der Waals surface area contributed by atoms with Gasteiger partial charge in [-0.15, -0.1) is 0 Å². The Balaban J connectivity index is 2.02. The highest BCUT2D eigenvalue weighted by Gasteiger charge is 2.23. The average molecular weight is 299 g/mol. The monoisotopic (exact) mass is 298 g/mol. The molecular weight excluding hydrogens is 275 g/mol. The summed E-state index contributed by atoms with van der Waals surface area (Å²) < 4.78 is 13.5. The zero-order valence-corrected chi connectivity index (χ0v) is 12.9. The largest absolute Gasteiger partial charge is 0.328 e. The Morgan fingerprint density at radius 2 is 2.00 bits per heavy atom. The van der Waals surface area contributed by atoms with Gasteiger partial charge in [0.25, 0.3) is 0 Å². The van der Waals surface area contributed by atoms with Gasteiger partial charge in [0.1, 0.15) is 5.82 Å². The van der Waals surface area contributed by atoms with Gasteiger partial charge in [-0.05, 0) is 56.3 Å². The third kappa shape index (κ3) is 4.18. The molecule has 0 bridgehead atoms. The number of rotatable bonds is 5. The Labute approximate surface area is 126 Å². The molecule has 1 fully saturated rings. The molecule has 1 aliphatic carbocycles. The van der Waals surface area contributed by atoms with E-state index in [2.05, 4.69) is 11.8 Å². The van der Waals surface area contributed by atoms with E-state index in [1.807, 2.05) is 6.07 Å². The first-order valence-corrected chi connectivity index (χ1v) is 7.91. The maximum absolute atomic E-state index is 13.5.